The number of aliphatic carboxylic acids is 1. The van der Waals surface area contributed by atoms with Crippen molar-refractivity contribution < 1.29 is 47.9 Å². The van der Waals surface area contributed by atoms with E-state index in [-0.39, 0.29) is 16.6 Å². The summed E-state index contributed by atoms with van der Waals surface area (Å²) in [6.45, 7) is 2.15. The number of nitrogens with zero attached hydrogens (tertiary/aromatic N) is 3. The number of amides is 1. The molecule has 194 valence electrons. The smallest absolute Gasteiger partial charge is 0.416 e. The topological polar surface area (TPSA) is 178 Å². The molecule has 1 aromatic heterocycles. The number of hydrogen-bond acceptors (Lipinski definition) is 8. The number of halogens is 3. The molecule has 3 rings (SSSR count). The van der Waals surface area contributed by atoms with E-state index in [1.807, 2.05) is 6.07 Å². The Morgan fingerprint density at radius 2 is 1.97 bits per heavy atom. The van der Waals surface area contributed by atoms with Gasteiger partial charge in [-0.15, -0.1) is 0 Å². The number of carboxylic acid groups (broad SMARTS) is 1. The summed E-state index contributed by atoms with van der Waals surface area (Å²) < 4.78 is 45.9. The third kappa shape index (κ3) is 5.13. The zero-order chi connectivity index (χ0) is 26.9. The standard InChI is InChI=1S/C22H23F3N4O7/c1-9(2)20(33)27-17-13(6-16(21(34)35)36-19(17)18(32)15(31)8-30)29-14(7-26)11-4-3-10(22(23,24)25)5-12(11)28-29/h3-6,9,13,15,17-19,30-32H,8H2,1-2H3,(H,27,33)(H,34,35)/t13-,15+,17+,18+,19+/m0/s1. The number of aliphatic hydroxyl groups excluding tert-OH is 3. The molecule has 0 bridgehead atoms. The fraction of sp³-hybridized carbons (Fsp3) is 0.455. The van der Waals surface area contributed by atoms with Crippen LogP contribution in [0.4, 0.5) is 13.2 Å². The fourth-order valence-corrected chi connectivity index (χ4v) is 3.77. The van der Waals surface area contributed by atoms with Crippen molar-refractivity contribution in [2.24, 2.45) is 5.92 Å². The van der Waals surface area contributed by atoms with Gasteiger partial charge >= 0.3 is 12.1 Å². The van der Waals surface area contributed by atoms with Crippen molar-refractivity contribution >= 4 is 22.8 Å². The summed E-state index contributed by atoms with van der Waals surface area (Å²) in [5.41, 5.74) is -1.49. The highest BCUT2D eigenvalue weighted by Gasteiger charge is 2.46. The summed E-state index contributed by atoms with van der Waals surface area (Å²) >= 11 is 0. The van der Waals surface area contributed by atoms with Gasteiger partial charge in [0.25, 0.3) is 0 Å². The molecule has 0 saturated heterocycles. The van der Waals surface area contributed by atoms with E-state index in [0.29, 0.717) is 0 Å². The minimum Gasteiger partial charge on any atom is -0.478 e. The first-order chi connectivity index (χ1) is 16.8. The summed E-state index contributed by atoms with van der Waals surface area (Å²) in [7, 11) is 0. The van der Waals surface area contributed by atoms with Crippen molar-refractivity contribution in [3.05, 3.63) is 41.3 Å². The van der Waals surface area contributed by atoms with Crippen molar-refractivity contribution in [3.8, 4) is 6.07 Å². The summed E-state index contributed by atoms with van der Waals surface area (Å²) in [4.78, 5) is 24.3. The second-order valence-electron chi connectivity index (χ2n) is 8.47. The SMILES string of the molecule is CC(C)C(=O)N[C@H]1[C@H]([C@H](O)[C@H](O)CO)OC(C(=O)O)=C[C@@H]1n1nc2cc(C(F)(F)F)ccc2c1C#N. The lowest BCUT2D eigenvalue weighted by Crippen LogP contribution is -2.59. The molecule has 0 saturated carbocycles. The molecule has 2 aromatic rings. The number of carboxylic acids is 1. The zero-order valence-electron chi connectivity index (χ0n) is 19.0. The lowest BCUT2D eigenvalue weighted by Gasteiger charge is -2.40. The molecule has 0 aliphatic carbocycles. The number of aliphatic hydroxyl groups is 3. The predicted octanol–water partition coefficient (Wildman–Crippen LogP) is 0.690. The van der Waals surface area contributed by atoms with Gasteiger partial charge in [0.05, 0.1) is 29.8 Å². The zero-order valence-corrected chi connectivity index (χ0v) is 19.0. The first-order valence-corrected chi connectivity index (χ1v) is 10.7. The first-order valence-electron chi connectivity index (χ1n) is 10.7. The molecule has 36 heavy (non-hydrogen) atoms. The Hall–Kier alpha value is -3.67. The fourth-order valence-electron chi connectivity index (χ4n) is 3.77. The second kappa shape index (κ2) is 10.1. The van der Waals surface area contributed by atoms with Gasteiger partial charge in [0.1, 0.15) is 30.1 Å². The number of carbonyl (C=O) groups is 2. The van der Waals surface area contributed by atoms with E-state index in [9.17, 15) is 48.4 Å². The molecule has 1 aliphatic rings. The predicted molar refractivity (Wildman–Crippen MR) is 115 cm³/mol. The van der Waals surface area contributed by atoms with E-state index >= 15 is 0 Å². The van der Waals surface area contributed by atoms with Gasteiger partial charge in [0.2, 0.25) is 11.7 Å². The van der Waals surface area contributed by atoms with E-state index < -0.39 is 72.3 Å². The molecule has 0 unspecified atom stereocenters. The summed E-state index contributed by atoms with van der Waals surface area (Å²) in [5.74, 6) is -3.51. The Morgan fingerprint density at radius 1 is 1.31 bits per heavy atom. The Morgan fingerprint density at radius 3 is 2.50 bits per heavy atom. The Kier molecular flexibility index (Phi) is 7.58. The van der Waals surface area contributed by atoms with Gasteiger partial charge in [-0.05, 0) is 24.3 Å². The van der Waals surface area contributed by atoms with Crippen LogP contribution in [0.1, 0.15) is 31.1 Å². The molecule has 0 radical (unpaired) electrons. The van der Waals surface area contributed by atoms with Gasteiger partial charge in [-0.25, -0.2) is 9.48 Å². The molecule has 1 aliphatic heterocycles. The third-order valence-electron chi connectivity index (χ3n) is 5.68. The van der Waals surface area contributed by atoms with Crippen molar-refractivity contribution in [3.63, 3.8) is 0 Å². The number of rotatable bonds is 7. The highest BCUT2D eigenvalue weighted by molar-refractivity contribution is 5.86. The van der Waals surface area contributed by atoms with Gasteiger partial charge < -0.3 is 30.5 Å². The van der Waals surface area contributed by atoms with Gasteiger partial charge in [-0.2, -0.15) is 23.5 Å². The van der Waals surface area contributed by atoms with Gasteiger partial charge in [0, 0.05) is 11.3 Å². The van der Waals surface area contributed by atoms with Crippen LogP contribution < -0.4 is 5.32 Å². The molecule has 5 N–H and O–H groups in total. The molecule has 14 heteroatoms. The first kappa shape index (κ1) is 26.9. The molecule has 1 amide bonds. The quantitative estimate of drug-likeness (QED) is 0.357. The Labute approximate surface area is 202 Å². The number of aromatic nitrogens is 2. The normalized spacial score (nSPS) is 21.9. The maximum Gasteiger partial charge on any atom is 0.416 e. The van der Waals surface area contributed by atoms with Gasteiger partial charge in [-0.1, -0.05) is 13.8 Å². The van der Waals surface area contributed by atoms with Crippen LogP contribution >= 0.6 is 0 Å². The number of nitriles is 1. The molecular formula is C22H23F3N4O7. The van der Waals surface area contributed by atoms with Crippen LogP contribution in [-0.4, -0.2) is 73.0 Å². The summed E-state index contributed by atoms with van der Waals surface area (Å²) in [6.07, 6.45) is -9.07. The maximum atomic E-state index is 13.2. The van der Waals surface area contributed by atoms with Gasteiger partial charge in [0.15, 0.2) is 0 Å². The molecule has 0 spiro atoms. The number of benzene rings is 1. The van der Waals surface area contributed by atoms with Crippen molar-refractivity contribution in [2.75, 3.05) is 6.61 Å². The number of fused-ring (bicyclic) bond motifs is 1. The molecule has 2 heterocycles. The largest absolute Gasteiger partial charge is 0.478 e. The number of nitrogens with one attached hydrogen (secondary N) is 1. The summed E-state index contributed by atoms with van der Waals surface area (Å²) in [5, 5.41) is 55.9. The number of carbonyl (C=O) groups excluding carboxylic acids is 1. The van der Waals surface area contributed by atoms with Crippen LogP contribution in [0.25, 0.3) is 10.9 Å². The summed E-state index contributed by atoms with van der Waals surface area (Å²) in [6, 6.07) is 1.65. The third-order valence-corrected chi connectivity index (χ3v) is 5.68. The number of hydrogen-bond donors (Lipinski definition) is 5. The molecule has 11 nitrogen and oxygen atoms in total. The van der Waals surface area contributed by atoms with E-state index in [1.165, 1.54) is 0 Å². The van der Waals surface area contributed by atoms with E-state index in [0.717, 1.165) is 29.0 Å². The average Bonchev–Trinajstić information content (AvgIpc) is 3.19. The minimum absolute atomic E-state index is 0.0312. The molecule has 5 atom stereocenters. The van der Waals surface area contributed by atoms with E-state index in [4.69, 9.17) is 4.74 Å². The average molecular weight is 512 g/mol. The van der Waals surface area contributed by atoms with Crippen molar-refractivity contribution in [2.45, 2.75) is 50.4 Å². The van der Waals surface area contributed by atoms with Crippen LogP contribution in [0, 0.1) is 17.2 Å². The monoisotopic (exact) mass is 512 g/mol. The molecule has 1 aromatic carbocycles. The highest BCUT2D eigenvalue weighted by atomic mass is 19.4. The Balaban J connectivity index is 2.25. The lowest BCUT2D eigenvalue weighted by molar-refractivity contribution is -0.147. The molecular weight excluding hydrogens is 489 g/mol. The number of ether oxygens (including phenoxy) is 1. The van der Waals surface area contributed by atoms with Crippen LogP contribution in [-0.2, 0) is 20.5 Å². The van der Waals surface area contributed by atoms with Crippen molar-refractivity contribution in [1.82, 2.24) is 15.1 Å². The van der Waals surface area contributed by atoms with Crippen LogP contribution in [0.15, 0.2) is 30.0 Å². The lowest BCUT2D eigenvalue weighted by atomic mass is 9.91. The second-order valence-corrected chi connectivity index (χ2v) is 8.47. The van der Waals surface area contributed by atoms with E-state index in [2.05, 4.69) is 10.4 Å². The van der Waals surface area contributed by atoms with Crippen LogP contribution in [0.5, 0.6) is 0 Å². The van der Waals surface area contributed by atoms with E-state index in [1.54, 1.807) is 13.8 Å². The maximum absolute atomic E-state index is 13.2. The van der Waals surface area contributed by atoms with Gasteiger partial charge in [-0.3, -0.25) is 4.79 Å². The highest BCUT2D eigenvalue weighted by Crippen LogP contribution is 2.35. The van der Waals surface area contributed by atoms with Crippen molar-refractivity contribution in [1.29, 1.82) is 5.26 Å². The molecule has 0 fully saturated rings. The number of alkyl halides is 3. The van der Waals surface area contributed by atoms with Crippen LogP contribution in [0.2, 0.25) is 0 Å². The minimum atomic E-state index is -4.69. The van der Waals surface area contributed by atoms with Crippen LogP contribution in [0.3, 0.4) is 0 Å². The Bertz CT molecular complexity index is 1230.